The zero-order valence-corrected chi connectivity index (χ0v) is 11.8. The van der Waals surface area contributed by atoms with Crippen molar-refractivity contribution < 1.29 is 22.9 Å². The van der Waals surface area contributed by atoms with E-state index in [1.165, 1.54) is 6.07 Å². The van der Waals surface area contributed by atoms with Gasteiger partial charge in [-0.05, 0) is 28.4 Å². The molecule has 0 saturated heterocycles. The fourth-order valence-electron chi connectivity index (χ4n) is 2.38. The van der Waals surface area contributed by atoms with Crippen molar-refractivity contribution in [2.75, 3.05) is 0 Å². The molecule has 0 bridgehead atoms. The van der Waals surface area contributed by atoms with E-state index >= 15 is 0 Å². The summed E-state index contributed by atoms with van der Waals surface area (Å²) in [6.07, 6.45) is -4.64. The molecule has 6 nitrogen and oxygen atoms in total. The molecule has 2 aromatic heterocycles. The minimum Gasteiger partial charge on any atom is -0.505 e. The average Bonchev–Trinajstić information content (AvgIpc) is 2.94. The zero-order chi connectivity index (χ0) is 16.8. The Morgan fingerprint density at radius 3 is 2.61 bits per heavy atom. The summed E-state index contributed by atoms with van der Waals surface area (Å²) in [6, 6.07) is 6.53. The third-order valence-electron chi connectivity index (χ3n) is 3.40. The predicted molar refractivity (Wildman–Crippen MR) is 74.0 cm³/mol. The molecule has 0 unspecified atom stereocenters. The summed E-state index contributed by atoms with van der Waals surface area (Å²) in [7, 11) is 0. The highest BCUT2D eigenvalue weighted by Crippen LogP contribution is 2.33. The normalized spacial score (nSPS) is 12.0. The number of alkyl halides is 3. The summed E-state index contributed by atoms with van der Waals surface area (Å²) >= 11 is 0. The summed E-state index contributed by atoms with van der Waals surface area (Å²) in [5, 5.41) is 17.0. The monoisotopic (exact) mass is 325 g/mol. The van der Waals surface area contributed by atoms with Gasteiger partial charge in [-0.3, -0.25) is 9.36 Å². The SMILES string of the molecule is Cc1ccccc1-c1c(O)c2nonc2n(CC(F)(F)F)c1=O. The summed E-state index contributed by atoms with van der Waals surface area (Å²) < 4.78 is 43.1. The molecular weight excluding hydrogens is 315 g/mol. The quantitative estimate of drug-likeness (QED) is 0.783. The Hall–Kier alpha value is -2.84. The van der Waals surface area contributed by atoms with Crippen LogP contribution in [0.1, 0.15) is 5.56 Å². The smallest absolute Gasteiger partial charge is 0.406 e. The molecule has 1 aromatic carbocycles. The first kappa shape index (κ1) is 15.1. The van der Waals surface area contributed by atoms with Gasteiger partial charge < -0.3 is 5.11 Å². The Labute approximate surface area is 126 Å². The van der Waals surface area contributed by atoms with Gasteiger partial charge in [0.1, 0.15) is 6.54 Å². The molecule has 0 aliphatic rings. The Morgan fingerprint density at radius 1 is 1.26 bits per heavy atom. The number of rotatable bonds is 2. The largest absolute Gasteiger partial charge is 0.505 e. The van der Waals surface area contributed by atoms with Crippen LogP contribution in [0.15, 0.2) is 33.7 Å². The van der Waals surface area contributed by atoms with E-state index in [1.54, 1.807) is 25.1 Å². The molecule has 0 fully saturated rings. The zero-order valence-electron chi connectivity index (χ0n) is 11.8. The van der Waals surface area contributed by atoms with Crippen molar-refractivity contribution in [2.24, 2.45) is 0 Å². The highest BCUT2D eigenvalue weighted by molar-refractivity contribution is 5.87. The third-order valence-corrected chi connectivity index (χ3v) is 3.40. The van der Waals surface area contributed by atoms with E-state index in [1.807, 2.05) is 0 Å². The number of nitrogens with zero attached hydrogens (tertiary/aromatic N) is 3. The van der Waals surface area contributed by atoms with E-state index in [2.05, 4.69) is 14.9 Å². The highest BCUT2D eigenvalue weighted by atomic mass is 19.4. The van der Waals surface area contributed by atoms with Crippen LogP contribution in [-0.2, 0) is 6.54 Å². The number of hydrogen-bond acceptors (Lipinski definition) is 5. The van der Waals surface area contributed by atoms with E-state index in [0.717, 1.165) is 0 Å². The number of halogens is 3. The molecule has 3 aromatic rings. The lowest BCUT2D eigenvalue weighted by molar-refractivity contribution is -0.140. The molecule has 3 rings (SSSR count). The number of fused-ring (bicyclic) bond motifs is 1. The van der Waals surface area contributed by atoms with Gasteiger partial charge in [0.15, 0.2) is 11.3 Å². The van der Waals surface area contributed by atoms with E-state index < -0.39 is 29.7 Å². The number of aromatic nitrogens is 3. The van der Waals surface area contributed by atoms with Gasteiger partial charge >= 0.3 is 6.18 Å². The van der Waals surface area contributed by atoms with Crippen LogP contribution in [0.3, 0.4) is 0 Å². The van der Waals surface area contributed by atoms with Crippen LogP contribution in [-0.4, -0.2) is 26.2 Å². The molecule has 9 heteroatoms. The van der Waals surface area contributed by atoms with Crippen molar-refractivity contribution in [3.8, 4) is 16.9 Å². The lowest BCUT2D eigenvalue weighted by atomic mass is 10.0. The third kappa shape index (κ3) is 2.54. The van der Waals surface area contributed by atoms with Gasteiger partial charge in [-0.15, -0.1) is 0 Å². The van der Waals surface area contributed by atoms with Crippen LogP contribution in [0.5, 0.6) is 5.75 Å². The summed E-state index contributed by atoms with van der Waals surface area (Å²) in [4.78, 5) is 12.5. The van der Waals surface area contributed by atoms with Crippen molar-refractivity contribution in [1.29, 1.82) is 0 Å². The van der Waals surface area contributed by atoms with Crippen LogP contribution in [0, 0.1) is 6.92 Å². The first-order valence-corrected chi connectivity index (χ1v) is 6.50. The van der Waals surface area contributed by atoms with Gasteiger partial charge in [0.05, 0.1) is 5.56 Å². The highest BCUT2D eigenvalue weighted by Gasteiger charge is 2.32. The van der Waals surface area contributed by atoms with Crippen LogP contribution in [0.4, 0.5) is 13.2 Å². The molecule has 0 aliphatic heterocycles. The maximum absolute atomic E-state index is 12.8. The van der Waals surface area contributed by atoms with Crippen LogP contribution in [0.2, 0.25) is 0 Å². The number of hydrogen-bond donors (Lipinski definition) is 1. The Kier molecular flexibility index (Phi) is 3.35. The van der Waals surface area contributed by atoms with E-state index in [9.17, 15) is 23.1 Å². The van der Waals surface area contributed by atoms with Crippen molar-refractivity contribution in [1.82, 2.24) is 14.9 Å². The van der Waals surface area contributed by atoms with Crippen LogP contribution >= 0.6 is 0 Å². The molecule has 1 N–H and O–H groups in total. The van der Waals surface area contributed by atoms with Gasteiger partial charge in [0.25, 0.3) is 5.56 Å². The Balaban J connectivity index is 2.40. The number of pyridine rings is 1. The van der Waals surface area contributed by atoms with Crippen molar-refractivity contribution in [3.63, 3.8) is 0 Å². The maximum Gasteiger partial charge on any atom is 0.406 e. The fourth-order valence-corrected chi connectivity index (χ4v) is 2.38. The van der Waals surface area contributed by atoms with Gasteiger partial charge in [0, 0.05) is 0 Å². The summed E-state index contributed by atoms with van der Waals surface area (Å²) in [5.74, 6) is -0.557. The van der Waals surface area contributed by atoms with E-state index in [-0.39, 0.29) is 11.1 Å². The number of aryl methyl sites for hydroxylation is 1. The second-order valence-corrected chi connectivity index (χ2v) is 4.98. The standard InChI is InChI=1S/C14H10F3N3O3/c1-7-4-2-3-5-8(7)9-11(21)10-12(19-23-18-10)20(13(9)22)6-14(15,16)17/h2-5,21H,6H2,1H3. The topological polar surface area (TPSA) is 81.2 Å². The lowest BCUT2D eigenvalue weighted by Gasteiger charge is -2.13. The maximum atomic E-state index is 12.8. The number of aromatic hydroxyl groups is 1. The van der Waals surface area contributed by atoms with E-state index in [4.69, 9.17) is 0 Å². The van der Waals surface area contributed by atoms with Gasteiger partial charge in [-0.25, -0.2) is 4.63 Å². The lowest BCUT2D eigenvalue weighted by Crippen LogP contribution is -2.29. The molecule has 0 saturated carbocycles. The molecule has 23 heavy (non-hydrogen) atoms. The number of benzene rings is 1. The minimum absolute atomic E-state index is 0.268. The van der Waals surface area contributed by atoms with Crippen LogP contribution < -0.4 is 5.56 Å². The molecular formula is C14H10F3N3O3. The van der Waals surface area contributed by atoms with Gasteiger partial charge in [-0.1, -0.05) is 24.3 Å². The summed E-state index contributed by atoms with van der Waals surface area (Å²) in [5.41, 5.74) is -1.10. The Bertz CT molecular complexity index is 944. The van der Waals surface area contributed by atoms with Crippen molar-refractivity contribution in [3.05, 3.63) is 40.2 Å². The van der Waals surface area contributed by atoms with Crippen molar-refractivity contribution >= 4 is 11.2 Å². The molecule has 2 heterocycles. The van der Waals surface area contributed by atoms with Crippen molar-refractivity contribution in [2.45, 2.75) is 19.6 Å². The van der Waals surface area contributed by atoms with Gasteiger partial charge in [-0.2, -0.15) is 13.2 Å². The predicted octanol–water partition coefficient (Wildman–Crippen LogP) is 2.63. The fraction of sp³-hybridized carbons (Fsp3) is 0.214. The first-order chi connectivity index (χ1) is 10.8. The second-order valence-electron chi connectivity index (χ2n) is 4.98. The second kappa shape index (κ2) is 5.11. The first-order valence-electron chi connectivity index (χ1n) is 6.50. The van der Waals surface area contributed by atoms with E-state index in [0.29, 0.717) is 15.7 Å². The Morgan fingerprint density at radius 2 is 1.96 bits per heavy atom. The molecule has 0 atom stereocenters. The average molecular weight is 325 g/mol. The summed E-state index contributed by atoms with van der Waals surface area (Å²) in [6.45, 7) is 0.114. The van der Waals surface area contributed by atoms with Gasteiger partial charge in [0.2, 0.25) is 5.65 Å². The molecule has 0 radical (unpaired) electrons. The molecule has 0 amide bonds. The minimum atomic E-state index is -4.64. The van der Waals surface area contributed by atoms with Crippen LogP contribution in [0.25, 0.3) is 22.3 Å². The molecule has 120 valence electrons. The molecule has 0 spiro atoms. The molecule has 0 aliphatic carbocycles.